The molecule has 1 aromatic heterocycles. The first-order chi connectivity index (χ1) is 17.9. The van der Waals surface area contributed by atoms with Crippen LogP contribution >= 0.6 is 0 Å². The molecule has 0 fully saturated rings. The van der Waals surface area contributed by atoms with E-state index in [0.29, 0.717) is 18.9 Å². The number of nitrogens with one attached hydrogen (secondary N) is 2. The Hall–Kier alpha value is -4.39. The van der Waals surface area contributed by atoms with E-state index in [9.17, 15) is 9.59 Å². The number of hydrogen-bond donors (Lipinski definition) is 2. The lowest BCUT2D eigenvalue weighted by Crippen LogP contribution is -2.45. The molecule has 0 saturated carbocycles. The highest BCUT2D eigenvalue weighted by molar-refractivity contribution is 5.94. The van der Waals surface area contributed by atoms with Gasteiger partial charge in [0.15, 0.2) is 0 Å². The second-order valence-electron chi connectivity index (χ2n) is 9.50. The lowest BCUT2D eigenvalue weighted by atomic mass is 10.1. The van der Waals surface area contributed by atoms with Crippen molar-refractivity contribution in [1.29, 1.82) is 0 Å². The topological polar surface area (TPSA) is 79.3 Å². The van der Waals surface area contributed by atoms with Crippen LogP contribution in [0.3, 0.4) is 0 Å². The van der Waals surface area contributed by atoms with Gasteiger partial charge in [-0.25, -0.2) is 9.48 Å². The van der Waals surface area contributed by atoms with Gasteiger partial charge in [-0.05, 0) is 30.5 Å². The first-order valence-electron chi connectivity index (χ1n) is 12.5. The summed E-state index contributed by atoms with van der Waals surface area (Å²) in [5, 5.41) is 10.7. The summed E-state index contributed by atoms with van der Waals surface area (Å²) < 4.78 is 1.72. The normalized spacial score (nSPS) is 10.8. The Morgan fingerprint density at radius 3 is 2.22 bits per heavy atom. The number of rotatable bonds is 9. The van der Waals surface area contributed by atoms with E-state index in [1.807, 2.05) is 112 Å². The fourth-order valence-corrected chi connectivity index (χ4v) is 4.00. The summed E-state index contributed by atoms with van der Waals surface area (Å²) in [5.74, 6) is 0.461. The Bertz CT molecular complexity index is 1320. The molecule has 0 atom stereocenters. The van der Waals surface area contributed by atoms with Gasteiger partial charge in [-0.15, -0.1) is 0 Å². The highest BCUT2D eigenvalue weighted by atomic mass is 16.2. The second kappa shape index (κ2) is 12.0. The molecule has 190 valence electrons. The van der Waals surface area contributed by atoms with Crippen LogP contribution in [0.25, 0.3) is 16.9 Å². The first kappa shape index (κ1) is 25.7. The van der Waals surface area contributed by atoms with Gasteiger partial charge in [-0.1, -0.05) is 92.2 Å². The van der Waals surface area contributed by atoms with Crippen LogP contribution in [0.1, 0.15) is 25.0 Å². The minimum Gasteiger partial charge on any atom is -0.334 e. The van der Waals surface area contributed by atoms with Crippen molar-refractivity contribution in [2.45, 2.75) is 27.3 Å². The molecule has 0 spiro atoms. The molecule has 0 radical (unpaired) electrons. The molecule has 4 rings (SSSR count). The number of nitrogens with zero attached hydrogens (tertiary/aromatic N) is 3. The number of amides is 3. The molecule has 0 aliphatic rings. The summed E-state index contributed by atoms with van der Waals surface area (Å²) in [5.41, 5.74) is 4.67. The average molecular weight is 496 g/mol. The van der Waals surface area contributed by atoms with Crippen molar-refractivity contribution in [2.75, 3.05) is 18.4 Å². The maximum Gasteiger partial charge on any atom is 0.318 e. The van der Waals surface area contributed by atoms with Crippen LogP contribution in [0.5, 0.6) is 0 Å². The average Bonchev–Trinajstić information content (AvgIpc) is 3.31. The standard InChI is InChI=1S/C30H33N5O2/c1-22(2)20-34(30(37)31-19-24-10-6-4-7-11-24)21-29(36)32-28-18-27(25-12-8-5-9-13-25)33-35(28)26-16-14-23(3)15-17-26/h4-18,22H,19-21H2,1-3H3,(H,31,37)(H,32,36). The minimum atomic E-state index is -0.289. The van der Waals surface area contributed by atoms with E-state index in [1.54, 1.807) is 9.58 Å². The van der Waals surface area contributed by atoms with Crippen molar-refractivity contribution in [3.05, 3.63) is 102 Å². The van der Waals surface area contributed by atoms with Crippen molar-refractivity contribution in [2.24, 2.45) is 5.92 Å². The SMILES string of the molecule is Cc1ccc(-n2nc(-c3ccccc3)cc2NC(=O)CN(CC(C)C)C(=O)NCc2ccccc2)cc1. The summed E-state index contributed by atoms with van der Waals surface area (Å²) in [6, 6.07) is 29.1. The number of aromatic nitrogens is 2. The highest BCUT2D eigenvalue weighted by Crippen LogP contribution is 2.25. The third-order valence-corrected chi connectivity index (χ3v) is 5.82. The first-order valence-corrected chi connectivity index (χ1v) is 12.5. The van der Waals surface area contributed by atoms with E-state index >= 15 is 0 Å². The third kappa shape index (κ3) is 7.07. The molecular weight excluding hydrogens is 462 g/mol. The van der Waals surface area contributed by atoms with E-state index in [4.69, 9.17) is 5.10 Å². The molecule has 7 heteroatoms. The number of aryl methyl sites for hydroxylation is 1. The molecule has 7 nitrogen and oxygen atoms in total. The van der Waals surface area contributed by atoms with Crippen LogP contribution in [0.4, 0.5) is 10.6 Å². The van der Waals surface area contributed by atoms with Crippen molar-refractivity contribution < 1.29 is 9.59 Å². The van der Waals surface area contributed by atoms with Gasteiger partial charge in [-0.2, -0.15) is 5.10 Å². The molecule has 0 aliphatic carbocycles. The van der Waals surface area contributed by atoms with E-state index in [0.717, 1.165) is 28.1 Å². The molecule has 3 aromatic carbocycles. The summed E-state index contributed by atoms with van der Waals surface area (Å²) in [6.07, 6.45) is 0. The van der Waals surface area contributed by atoms with Crippen LogP contribution in [-0.4, -0.2) is 39.7 Å². The number of urea groups is 1. The van der Waals surface area contributed by atoms with E-state index in [1.165, 1.54) is 0 Å². The van der Waals surface area contributed by atoms with Crippen LogP contribution < -0.4 is 10.6 Å². The summed E-state index contributed by atoms with van der Waals surface area (Å²) >= 11 is 0. The Labute approximate surface area is 218 Å². The number of carbonyl (C=O) groups is 2. The Balaban J connectivity index is 1.52. The number of anilines is 1. The molecule has 0 aliphatic heterocycles. The molecule has 2 N–H and O–H groups in total. The lowest BCUT2D eigenvalue weighted by Gasteiger charge is -2.24. The van der Waals surface area contributed by atoms with Gasteiger partial charge in [0.2, 0.25) is 5.91 Å². The van der Waals surface area contributed by atoms with Gasteiger partial charge >= 0.3 is 6.03 Å². The van der Waals surface area contributed by atoms with Gasteiger partial charge in [0.25, 0.3) is 0 Å². The maximum absolute atomic E-state index is 13.2. The van der Waals surface area contributed by atoms with E-state index in [2.05, 4.69) is 10.6 Å². The fraction of sp³-hybridized carbons (Fsp3) is 0.233. The second-order valence-corrected chi connectivity index (χ2v) is 9.50. The van der Waals surface area contributed by atoms with Gasteiger partial charge in [0, 0.05) is 24.7 Å². The number of carbonyl (C=O) groups excluding carboxylic acids is 2. The predicted octanol–water partition coefficient (Wildman–Crippen LogP) is 5.65. The molecule has 1 heterocycles. The van der Waals surface area contributed by atoms with Crippen LogP contribution in [-0.2, 0) is 11.3 Å². The van der Waals surface area contributed by atoms with E-state index < -0.39 is 0 Å². The molecule has 0 saturated heterocycles. The van der Waals surface area contributed by atoms with Gasteiger partial charge in [0.1, 0.15) is 12.4 Å². The number of benzene rings is 3. The zero-order valence-electron chi connectivity index (χ0n) is 21.5. The van der Waals surface area contributed by atoms with E-state index in [-0.39, 0.29) is 24.4 Å². The molecular formula is C30H33N5O2. The third-order valence-electron chi connectivity index (χ3n) is 5.82. The van der Waals surface area contributed by atoms with Crippen molar-refractivity contribution in [1.82, 2.24) is 20.0 Å². The zero-order chi connectivity index (χ0) is 26.2. The van der Waals surface area contributed by atoms with Crippen molar-refractivity contribution in [3.63, 3.8) is 0 Å². The summed E-state index contributed by atoms with van der Waals surface area (Å²) in [6.45, 7) is 6.86. The van der Waals surface area contributed by atoms with Gasteiger partial charge < -0.3 is 15.5 Å². The maximum atomic E-state index is 13.2. The Morgan fingerprint density at radius 2 is 1.57 bits per heavy atom. The molecule has 4 aromatic rings. The molecule has 3 amide bonds. The monoisotopic (exact) mass is 495 g/mol. The predicted molar refractivity (Wildman–Crippen MR) is 147 cm³/mol. The largest absolute Gasteiger partial charge is 0.334 e. The quantitative estimate of drug-likeness (QED) is 0.315. The number of hydrogen-bond acceptors (Lipinski definition) is 3. The van der Waals surface area contributed by atoms with Crippen LogP contribution in [0.2, 0.25) is 0 Å². The Kier molecular flexibility index (Phi) is 8.36. The fourth-order valence-electron chi connectivity index (χ4n) is 4.00. The van der Waals surface area contributed by atoms with Crippen molar-refractivity contribution >= 4 is 17.8 Å². The molecule has 0 unspecified atom stereocenters. The highest BCUT2D eigenvalue weighted by Gasteiger charge is 2.20. The molecule has 37 heavy (non-hydrogen) atoms. The van der Waals surface area contributed by atoms with Crippen LogP contribution in [0.15, 0.2) is 91.0 Å². The zero-order valence-corrected chi connectivity index (χ0v) is 21.5. The lowest BCUT2D eigenvalue weighted by molar-refractivity contribution is -0.116. The Morgan fingerprint density at radius 1 is 0.919 bits per heavy atom. The van der Waals surface area contributed by atoms with Gasteiger partial charge in [-0.3, -0.25) is 4.79 Å². The summed E-state index contributed by atoms with van der Waals surface area (Å²) in [7, 11) is 0. The van der Waals surface area contributed by atoms with Gasteiger partial charge in [0.05, 0.1) is 11.4 Å². The summed E-state index contributed by atoms with van der Waals surface area (Å²) in [4.78, 5) is 27.7. The van der Waals surface area contributed by atoms with Crippen LogP contribution in [0, 0.1) is 12.8 Å². The van der Waals surface area contributed by atoms with Crippen molar-refractivity contribution in [3.8, 4) is 16.9 Å². The smallest absolute Gasteiger partial charge is 0.318 e. The molecule has 0 bridgehead atoms. The minimum absolute atomic E-state index is 0.0709.